The molecule has 0 aliphatic carbocycles. The summed E-state index contributed by atoms with van der Waals surface area (Å²) in [5.41, 5.74) is 5.41. The van der Waals surface area contributed by atoms with E-state index in [0.717, 1.165) is 12.1 Å². The summed E-state index contributed by atoms with van der Waals surface area (Å²) in [7, 11) is 0. The van der Waals surface area contributed by atoms with Crippen molar-refractivity contribution in [1.82, 2.24) is 0 Å². The zero-order chi connectivity index (χ0) is 13.3. The predicted molar refractivity (Wildman–Crippen MR) is 62.4 cm³/mol. The van der Waals surface area contributed by atoms with Gasteiger partial charge in [0.1, 0.15) is 0 Å². The van der Waals surface area contributed by atoms with Crippen LogP contribution < -0.4 is 5.73 Å². The van der Waals surface area contributed by atoms with Crippen LogP contribution in [0, 0.1) is 5.92 Å². The molecular formula is C13H18F3N. The van der Waals surface area contributed by atoms with Gasteiger partial charge < -0.3 is 5.73 Å². The summed E-state index contributed by atoms with van der Waals surface area (Å²) in [6.07, 6.45) is -3.71. The van der Waals surface area contributed by atoms with Crippen LogP contribution in [0.1, 0.15) is 38.3 Å². The van der Waals surface area contributed by atoms with Crippen molar-refractivity contribution < 1.29 is 13.2 Å². The summed E-state index contributed by atoms with van der Waals surface area (Å²) in [6.45, 7) is 5.73. The fourth-order valence-corrected chi connectivity index (χ4v) is 1.93. The molecule has 0 saturated carbocycles. The van der Waals surface area contributed by atoms with E-state index >= 15 is 0 Å². The highest BCUT2D eigenvalue weighted by molar-refractivity contribution is 5.31. The van der Waals surface area contributed by atoms with Gasteiger partial charge in [0.25, 0.3) is 0 Å². The molecule has 0 amide bonds. The van der Waals surface area contributed by atoms with Crippen LogP contribution in [0.5, 0.6) is 0 Å². The van der Waals surface area contributed by atoms with Crippen LogP contribution in [-0.2, 0) is 11.7 Å². The lowest BCUT2D eigenvalue weighted by molar-refractivity contribution is -0.137. The van der Waals surface area contributed by atoms with Crippen molar-refractivity contribution in [3.63, 3.8) is 0 Å². The van der Waals surface area contributed by atoms with Gasteiger partial charge in [0, 0.05) is 5.54 Å². The minimum atomic E-state index is -4.32. The standard InChI is InChI=1S/C13H18F3N/c1-4-12(17,9(2)3)10-6-5-7-11(8-10)13(14,15)16/h5-9H,4,17H2,1-3H3. The van der Waals surface area contributed by atoms with Gasteiger partial charge in [0.15, 0.2) is 0 Å². The molecule has 0 bridgehead atoms. The van der Waals surface area contributed by atoms with Crippen LogP contribution in [0.15, 0.2) is 24.3 Å². The normalized spacial score (nSPS) is 16.0. The van der Waals surface area contributed by atoms with E-state index in [1.807, 2.05) is 20.8 Å². The van der Waals surface area contributed by atoms with Crippen molar-refractivity contribution >= 4 is 0 Å². The maximum absolute atomic E-state index is 12.6. The molecule has 96 valence electrons. The lowest BCUT2D eigenvalue weighted by atomic mass is 9.78. The summed E-state index contributed by atoms with van der Waals surface area (Å²) >= 11 is 0. The summed E-state index contributed by atoms with van der Waals surface area (Å²) < 4.78 is 37.9. The van der Waals surface area contributed by atoms with Gasteiger partial charge >= 0.3 is 6.18 Å². The van der Waals surface area contributed by atoms with Gasteiger partial charge in [-0.25, -0.2) is 0 Å². The first kappa shape index (κ1) is 14.0. The largest absolute Gasteiger partial charge is 0.416 e. The Bertz CT molecular complexity index is 384. The molecule has 1 unspecified atom stereocenters. The van der Waals surface area contributed by atoms with E-state index in [4.69, 9.17) is 5.73 Å². The van der Waals surface area contributed by atoms with Crippen LogP contribution in [0.2, 0.25) is 0 Å². The zero-order valence-electron chi connectivity index (χ0n) is 10.3. The number of hydrogen-bond donors (Lipinski definition) is 1. The van der Waals surface area contributed by atoms with Crippen molar-refractivity contribution in [1.29, 1.82) is 0 Å². The van der Waals surface area contributed by atoms with Crippen LogP contribution in [-0.4, -0.2) is 0 Å². The molecule has 1 atom stereocenters. The van der Waals surface area contributed by atoms with Crippen LogP contribution in [0.25, 0.3) is 0 Å². The molecule has 1 rings (SSSR count). The number of alkyl halides is 3. The first-order chi connectivity index (χ1) is 7.71. The number of benzene rings is 1. The lowest BCUT2D eigenvalue weighted by Gasteiger charge is -2.33. The average Bonchev–Trinajstić information content (AvgIpc) is 2.26. The van der Waals surface area contributed by atoms with E-state index in [9.17, 15) is 13.2 Å². The van der Waals surface area contributed by atoms with Gasteiger partial charge in [-0.05, 0) is 30.0 Å². The first-order valence-electron chi connectivity index (χ1n) is 5.68. The maximum atomic E-state index is 12.6. The molecule has 0 spiro atoms. The topological polar surface area (TPSA) is 26.0 Å². The third-order valence-electron chi connectivity index (χ3n) is 3.34. The van der Waals surface area contributed by atoms with Crippen molar-refractivity contribution in [2.24, 2.45) is 11.7 Å². The molecule has 1 nitrogen and oxygen atoms in total. The molecule has 0 aromatic heterocycles. The highest BCUT2D eigenvalue weighted by atomic mass is 19.4. The van der Waals surface area contributed by atoms with Gasteiger partial charge in [-0.15, -0.1) is 0 Å². The second-order valence-corrected chi connectivity index (χ2v) is 4.63. The van der Waals surface area contributed by atoms with E-state index in [-0.39, 0.29) is 5.92 Å². The Balaban J connectivity index is 3.24. The highest BCUT2D eigenvalue weighted by Crippen LogP contribution is 2.35. The van der Waals surface area contributed by atoms with Gasteiger partial charge in [-0.3, -0.25) is 0 Å². The summed E-state index contributed by atoms with van der Waals surface area (Å²) in [5, 5.41) is 0. The van der Waals surface area contributed by atoms with Crippen LogP contribution >= 0.6 is 0 Å². The molecule has 0 saturated heterocycles. The molecular weight excluding hydrogens is 227 g/mol. The molecule has 2 N–H and O–H groups in total. The molecule has 4 heteroatoms. The maximum Gasteiger partial charge on any atom is 0.416 e. The third-order valence-corrected chi connectivity index (χ3v) is 3.34. The molecule has 0 radical (unpaired) electrons. The van der Waals surface area contributed by atoms with E-state index in [2.05, 4.69) is 0 Å². The number of rotatable bonds is 3. The Labute approximate surface area is 99.8 Å². The van der Waals surface area contributed by atoms with Crippen molar-refractivity contribution in [3.8, 4) is 0 Å². The van der Waals surface area contributed by atoms with E-state index in [0.29, 0.717) is 12.0 Å². The predicted octanol–water partition coefficient (Wildman–Crippen LogP) is 3.93. The Morgan fingerprint density at radius 1 is 1.18 bits per heavy atom. The van der Waals surface area contributed by atoms with E-state index in [1.54, 1.807) is 6.07 Å². The van der Waals surface area contributed by atoms with Gasteiger partial charge in [-0.2, -0.15) is 13.2 Å². The summed E-state index contributed by atoms with van der Waals surface area (Å²) in [6, 6.07) is 5.31. The minimum absolute atomic E-state index is 0.0796. The quantitative estimate of drug-likeness (QED) is 0.858. The average molecular weight is 245 g/mol. The molecule has 1 aromatic rings. The number of halogens is 3. The van der Waals surface area contributed by atoms with Crippen molar-refractivity contribution in [2.75, 3.05) is 0 Å². The molecule has 17 heavy (non-hydrogen) atoms. The molecule has 0 heterocycles. The van der Waals surface area contributed by atoms with E-state index in [1.165, 1.54) is 6.07 Å². The van der Waals surface area contributed by atoms with Crippen LogP contribution in [0.4, 0.5) is 13.2 Å². The Morgan fingerprint density at radius 2 is 1.71 bits per heavy atom. The Morgan fingerprint density at radius 3 is 2.12 bits per heavy atom. The molecule has 0 aliphatic rings. The Hall–Kier alpha value is -1.03. The molecule has 0 aliphatic heterocycles. The van der Waals surface area contributed by atoms with Crippen molar-refractivity contribution in [3.05, 3.63) is 35.4 Å². The summed E-state index contributed by atoms with van der Waals surface area (Å²) in [4.78, 5) is 0. The second kappa shape index (κ2) is 4.69. The third kappa shape index (κ3) is 2.80. The van der Waals surface area contributed by atoms with Crippen molar-refractivity contribution in [2.45, 2.75) is 38.9 Å². The smallest absolute Gasteiger partial charge is 0.321 e. The van der Waals surface area contributed by atoms with Gasteiger partial charge in [0.2, 0.25) is 0 Å². The molecule has 0 fully saturated rings. The zero-order valence-corrected chi connectivity index (χ0v) is 10.3. The summed E-state index contributed by atoms with van der Waals surface area (Å²) in [5.74, 6) is 0.0796. The highest BCUT2D eigenvalue weighted by Gasteiger charge is 2.34. The molecule has 1 aromatic carbocycles. The Kier molecular flexibility index (Phi) is 3.87. The van der Waals surface area contributed by atoms with Gasteiger partial charge in [-0.1, -0.05) is 32.9 Å². The lowest BCUT2D eigenvalue weighted by Crippen LogP contribution is -2.41. The van der Waals surface area contributed by atoms with Gasteiger partial charge in [0.05, 0.1) is 5.56 Å². The fraction of sp³-hybridized carbons (Fsp3) is 0.538. The fourth-order valence-electron chi connectivity index (χ4n) is 1.93. The number of nitrogens with two attached hydrogens (primary N) is 1. The van der Waals surface area contributed by atoms with E-state index < -0.39 is 17.3 Å². The van der Waals surface area contributed by atoms with Crippen LogP contribution in [0.3, 0.4) is 0 Å². The number of hydrogen-bond acceptors (Lipinski definition) is 1. The first-order valence-corrected chi connectivity index (χ1v) is 5.68. The minimum Gasteiger partial charge on any atom is -0.321 e. The monoisotopic (exact) mass is 245 g/mol. The SMILES string of the molecule is CCC(N)(c1cccc(C(F)(F)F)c1)C(C)C. The second-order valence-electron chi connectivity index (χ2n) is 4.63.